The third-order valence-electron chi connectivity index (χ3n) is 3.26. The van der Waals surface area contributed by atoms with Crippen LogP contribution in [0.2, 0.25) is 0 Å². The monoisotopic (exact) mass is 409 g/mol. The standard InChI is InChI=1S/C17H17Br2NO/c1-2-6-16(12-7-4-3-5-8-12)20-17(21)14-11-13(18)9-10-15(14)19/h3-5,7-11,16H,2,6H2,1H3,(H,20,21). The van der Waals surface area contributed by atoms with Gasteiger partial charge in [-0.25, -0.2) is 0 Å². The number of rotatable bonds is 5. The second-order valence-corrected chi connectivity index (χ2v) is 6.62. The summed E-state index contributed by atoms with van der Waals surface area (Å²) in [5, 5.41) is 3.13. The lowest BCUT2D eigenvalue weighted by molar-refractivity contribution is 0.0933. The molecule has 2 aromatic rings. The molecule has 0 spiro atoms. The Hall–Kier alpha value is -1.13. The largest absolute Gasteiger partial charge is 0.345 e. The van der Waals surface area contributed by atoms with Crippen LogP contribution in [0.25, 0.3) is 0 Å². The van der Waals surface area contributed by atoms with Crippen molar-refractivity contribution in [3.8, 4) is 0 Å². The molecule has 0 saturated heterocycles. The summed E-state index contributed by atoms with van der Waals surface area (Å²) in [7, 11) is 0. The van der Waals surface area contributed by atoms with Crippen molar-refractivity contribution in [2.24, 2.45) is 0 Å². The van der Waals surface area contributed by atoms with Gasteiger partial charge in [0.25, 0.3) is 5.91 Å². The van der Waals surface area contributed by atoms with Crippen LogP contribution in [0.3, 0.4) is 0 Å². The Morgan fingerprint density at radius 2 is 1.86 bits per heavy atom. The molecule has 110 valence electrons. The zero-order valence-electron chi connectivity index (χ0n) is 11.8. The van der Waals surface area contributed by atoms with Gasteiger partial charge in [-0.1, -0.05) is 59.6 Å². The molecule has 0 aliphatic rings. The smallest absolute Gasteiger partial charge is 0.252 e. The summed E-state index contributed by atoms with van der Waals surface area (Å²) < 4.78 is 1.69. The lowest BCUT2D eigenvalue weighted by atomic mass is 10.0. The van der Waals surface area contributed by atoms with E-state index < -0.39 is 0 Å². The van der Waals surface area contributed by atoms with Crippen LogP contribution in [-0.2, 0) is 0 Å². The van der Waals surface area contributed by atoms with Gasteiger partial charge in [-0.2, -0.15) is 0 Å². The second kappa shape index (κ2) is 7.76. The fraction of sp³-hybridized carbons (Fsp3) is 0.235. The van der Waals surface area contributed by atoms with Gasteiger partial charge in [0.15, 0.2) is 0 Å². The predicted octanol–water partition coefficient (Wildman–Crippen LogP) is 5.48. The lowest BCUT2D eigenvalue weighted by Crippen LogP contribution is -2.28. The second-order valence-electron chi connectivity index (χ2n) is 4.85. The summed E-state index contributed by atoms with van der Waals surface area (Å²) in [6.07, 6.45) is 1.93. The quantitative estimate of drug-likeness (QED) is 0.694. The zero-order chi connectivity index (χ0) is 15.2. The van der Waals surface area contributed by atoms with Gasteiger partial charge >= 0.3 is 0 Å². The van der Waals surface area contributed by atoms with Gasteiger partial charge in [0.1, 0.15) is 0 Å². The van der Waals surface area contributed by atoms with E-state index in [-0.39, 0.29) is 11.9 Å². The molecular formula is C17H17Br2NO. The third-order valence-corrected chi connectivity index (χ3v) is 4.44. The Morgan fingerprint density at radius 3 is 2.52 bits per heavy atom. The molecule has 0 fully saturated rings. The van der Waals surface area contributed by atoms with Crippen molar-refractivity contribution < 1.29 is 4.79 Å². The first-order valence-electron chi connectivity index (χ1n) is 6.92. The molecule has 2 aromatic carbocycles. The van der Waals surface area contributed by atoms with E-state index >= 15 is 0 Å². The number of benzene rings is 2. The van der Waals surface area contributed by atoms with Crippen LogP contribution in [0.5, 0.6) is 0 Å². The summed E-state index contributed by atoms with van der Waals surface area (Å²) in [5.41, 5.74) is 1.78. The highest BCUT2D eigenvalue weighted by atomic mass is 79.9. The molecule has 0 aliphatic carbocycles. The summed E-state index contributed by atoms with van der Waals surface area (Å²) in [5.74, 6) is -0.0644. The molecule has 21 heavy (non-hydrogen) atoms. The number of hydrogen-bond donors (Lipinski definition) is 1. The molecule has 0 aromatic heterocycles. The maximum absolute atomic E-state index is 12.5. The van der Waals surface area contributed by atoms with Gasteiger partial charge in [-0.15, -0.1) is 0 Å². The zero-order valence-corrected chi connectivity index (χ0v) is 14.9. The molecule has 0 aliphatic heterocycles. The highest BCUT2D eigenvalue weighted by molar-refractivity contribution is 9.11. The van der Waals surface area contributed by atoms with Crippen molar-refractivity contribution in [3.05, 3.63) is 68.6 Å². The average molecular weight is 411 g/mol. The SMILES string of the molecule is CCCC(NC(=O)c1cc(Br)ccc1Br)c1ccccc1. The van der Waals surface area contributed by atoms with Gasteiger partial charge in [-0.3, -0.25) is 4.79 Å². The van der Waals surface area contributed by atoms with Gasteiger partial charge in [0, 0.05) is 8.95 Å². The number of carbonyl (C=O) groups is 1. The third kappa shape index (κ3) is 4.42. The van der Waals surface area contributed by atoms with Crippen LogP contribution in [0.15, 0.2) is 57.5 Å². The maximum atomic E-state index is 12.5. The van der Waals surface area contributed by atoms with E-state index in [1.165, 1.54) is 0 Å². The first kappa shape index (κ1) is 16.2. The van der Waals surface area contributed by atoms with Gasteiger partial charge < -0.3 is 5.32 Å². The van der Waals surface area contributed by atoms with Gasteiger partial charge in [0.2, 0.25) is 0 Å². The van der Waals surface area contributed by atoms with Crippen molar-refractivity contribution in [2.45, 2.75) is 25.8 Å². The van der Waals surface area contributed by atoms with E-state index in [4.69, 9.17) is 0 Å². The lowest BCUT2D eigenvalue weighted by Gasteiger charge is -2.19. The molecule has 0 heterocycles. The van der Waals surface area contributed by atoms with E-state index in [2.05, 4.69) is 56.2 Å². The van der Waals surface area contributed by atoms with E-state index in [1.54, 1.807) is 0 Å². The van der Waals surface area contributed by atoms with E-state index in [0.29, 0.717) is 5.56 Å². The molecule has 1 amide bonds. The molecule has 0 bridgehead atoms. The van der Waals surface area contributed by atoms with Crippen LogP contribution in [0.4, 0.5) is 0 Å². The molecule has 0 saturated carbocycles. The van der Waals surface area contributed by atoms with Crippen LogP contribution in [0, 0.1) is 0 Å². The highest BCUT2D eigenvalue weighted by Crippen LogP contribution is 2.24. The Morgan fingerprint density at radius 1 is 1.14 bits per heavy atom. The van der Waals surface area contributed by atoms with Crippen molar-refractivity contribution in [1.82, 2.24) is 5.32 Å². The molecule has 0 radical (unpaired) electrons. The minimum absolute atomic E-state index is 0.0366. The minimum atomic E-state index is -0.0644. The van der Waals surface area contributed by atoms with E-state index in [9.17, 15) is 4.79 Å². The number of hydrogen-bond acceptors (Lipinski definition) is 1. The molecule has 2 nitrogen and oxygen atoms in total. The predicted molar refractivity (Wildman–Crippen MR) is 93.4 cm³/mol. The number of amides is 1. The Balaban J connectivity index is 2.20. The normalized spacial score (nSPS) is 12.0. The number of carbonyl (C=O) groups excluding carboxylic acids is 1. The average Bonchev–Trinajstić information content (AvgIpc) is 2.50. The van der Waals surface area contributed by atoms with Crippen LogP contribution in [-0.4, -0.2) is 5.91 Å². The van der Waals surface area contributed by atoms with E-state index in [0.717, 1.165) is 27.4 Å². The van der Waals surface area contributed by atoms with Gasteiger partial charge in [0.05, 0.1) is 11.6 Å². The first-order chi connectivity index (χ1) is 10.1. The van der Waals surface area contributed by atoms with Gasteiger partial charge in [-0.05, 0) is 46.1 Å². The number of nitrogens with one attached hydrogen (secondary N) is 1. The molecule has 2 rings (SSSR count). The summed E-state index contributed by atoms with van der Waals surface area (Å²) in [4.78, 5) is 12.5. The first-order valence-corrected chi connectivity index (χ1v) is 8.51. The molecule has 4 heteroatoms. The fourth-order valence-electron chi connectivity index (χ4n) is 2.20. The summed E-state index contributed by atoms with van der Waals surface area (Å²) in [6.45, 7) is 2.12. The molecule has 1 N–H and O–H groups in total. The van der Waals surface area contributed by atoms with Crippen LogP contribution >= 0.6 is 31.9 Å². The highest BCUT2D eigenvalue weighted by Gasteiger charge is 2.17. The molecular weight excluding hydrogens is 394 g/mol. The summed E-state index contributed by atoms with van der Waals surface area (Å²) in [6, 6.07) is 15.7. The van der Waals surface area contributed by atoms with Crippen molar-refractivity contribution >= 4 is 37.8 Å². The van der Waals surface area contributed by atoms with Crippen molar-refractivity contribution in [2.75, 3.05) is 0 Å². The minimum Gasteiger partial charge on any atom is -0.345 e. The van der Waals surface area contributed by atoms with Crippen molar-refractivity contribution in [3.63, 3.8) is 0 Å². The molecule has 1 unspecified atom stereocenters. The maximum Gasteiger partial charge on any atom is 0.252 e. The summed E-state index contributed by atoms with van der Waals surface area (Å²) >= 11 is 6.84. The van der Waals surface area contributed by atoms with Crippen LogP contribution in [0.1, 0.15) is 41.7 Å². The molecule has 1 atom stereocenters. The number of halogens is 2. The fourth-order valence-corrected chi connectivity index (χ4v) is 2.99. The van der Waals surface area contributed by atoms with Crippen LogP contribution < -0.4 is 5.32 Å². The topological polar surface area (TPSA) is 29.1 Å². The van der Waals surface area contributed by atoms with Crippen molar-refractivity contribution in [1.29, 1.82) is 0 Å². The Kier molecular flexibility index (Phi) is 6.00. The Bertz CT molecular complexity index is 613. The Labute approximate surface area is 142 Å². The van der Waals surface area contributed by atoms with E-state index in [1.807, 2.05) is 36.4 Å².